The lowest BCUT2D eigenvalue weighted by Gasteiger charge is -2.43. The number of piperidine rings is 1. The number of carboxylic acid groups (broad SMARTS) is 1. The number of nitro groups is 2. The summed E-state index contributed by atoms with van der Waals surface area (Å²) in [4.78, 5) is 48.5. The van der Waals surface area contributed by atoms with Crippen LogP contribution in [-0.2, 0) is 9.53 Å². The van der Waals surface area contributed by atoms with Crippen LogP contribution >= 0.6 is 0 Å². The summed E-state index contributed by atoms with van der Waals surface area (Å²) < 4.78 is 5.74. The van der Waals surface area contributed by atoms with Gasteiger partial charge >= 0.3 is 5.97 Å². The van der Waals surface area contributed by atoms with E-state index in [2.05, 4.69) is 0 Å². The summed E-state index contributed by atoms with van der Waals surface area (Å²) in [5.74, 6) is -2.12. The Bertz CT molecular complexity index is 817. The van der Waals surface area contributed by atoms with Crippen molar-refractivity contribution in [3.63, 3.8) is 0 Å². The molecule has 2 heterocycles. The van der Waals surface area contributed by atoms with Crippen molar-refractivity contribution < 1.29 is 29.3 Å². The molecule has 12 heteroatoms. The van der Waals surface area contributed by atoms with Crippen molar-refractivity contribution in [1.29, 1.82) is 0 Å². The molecule has 1 amide bonds. The molecule has 12 nitrogen and oxygen atoms in total. The number of carboxylic acids is 1. The average Bonchev–Trinajstić information content (AvgIpc) is 3.02. The third-order valence-electron chi connectivity index (χ3n) is 5.10. The fraction of sp³-hybridized carbons (Fsp3) is 0.500. The smallest absolute Gasteiger partial charge is 0.328 e. The van der Waals surface area contributed by atoms with Crippen LogP contribution in [0.15, 0.2) is 18.2 Å². The zero-order chi connectivity index (χ0) is 20.6. The molecule has 2 aliphatic heterocycles. The maximum atomic E-state index is 13.2. The molecule has 1 spiro atoms. The van der Waals surface area contributed by atoms with Crippen LogP contribution < -0.4 is 0 Å². The molecule has 0 saturated carbocycles. The van der Waals surface area contributed by atoms with E-state index in [1.807, 2.05) is 11.9 Å². The fourth-order valence-electron chi connectivity index (χ4n) is 3.59. The summed E-state index contributed by atoms with van der Waals surface area (Å²) in [5, 5.41) is 31.7. The summed E-state index contributed by atoms with van der Waals surface area (Å²) in [7, 11) is 1.88. The van der Waals surface area contributed by atoms with Crippen LogP contribution in [0.2, 0.25) is 0 Å². The van der Waals surface area contributed by atoms with Crippen molar-refractivity contribution >= 4 is 23.3 Å². The van der Waals surface area contributed by atoms with Crippen molar-refractivity contribution in [1.82, 2.24) is 9.80 Å². The number of likely N-dealkylation sites (tertiary alicyclic amines) is 1. The summed E-state index contributed by atoms with van der Waals surface area (Å²) in [5.41, 5.74) is -2.73. The van der Waals surface area contributed by atoms with Crippen molar-refractivity contribution in [2.75, 3.05) is 26.7 Å². The molecule has 1 aromatic rings. The molecule has 0 radical (unpaired) electrons. The lowest BCUT2D eigenvalue weighted by atomic mass is 9.97. The minimum atomic E-state index is -1.28. The number of ether oxygens (including phenoxy) is 1. The van der Waals surface area contributed by atoms with E-state index in [1.54, 1.807) is 0 Å². The highest BCUT2D eigenvalue weighted by Crippen LogP contribution is 2.38. The molecule has 2 fully saturated rings. The zero-order valence-corrected chi connectivity index (χ0v) is 14.9. The number of benzene rings is 1. The Labute approximate surface area is 158 Å². The number of carbonyl (C=O) groups is 2. The molecule has 0 aliphatic carbocycles. The van der Waals surface area contributed by atoms with Gasteiger partial charge in [0.2, 0.25) is 0 Å². The molecule has 28 heavy (non-hydrogen) atoms. The SMILES string of the molecule is CN1CCC2(CC1)OCC(C(=O)O)N2C(=O)c1cc([N+](=O)[O-])cc([N+](=O)[O-])c1. The standard InChI is InChI=1S/C16H18N4O8/c1-17-4-2-16(3-5-17)18(13(9-28-16)15(22)23)14(21)10-6-11(19(24)25)8-12(7-10)20(26)27/h6-8,13H,2-5,9H2,1H3,(H,22,23). The number of rotatable bonds is 4. The highest BCUT2D eigenvalue weighted by molar-refractivity contribution is 5.98. The van der Waals surface area contributed by atoms with Gasteiger partial charge in [0.05, 0.1) is 28.1 Å². The Morgan fingerprint density at radius 3 is 2.14 bits per heavy atom. The lowest BCUT2D eigenvalue weighted by Crippen LogP contribution is -2.57. The van der Waals surface area contributed by atoms with Crippen LogP contribution in [0.4, 0.5) is 11.4 Å². The van der Waals surface area contributed by atoms with Gasteiger partial charge in [-0.2, -0.15) is 0 Å². The Balaban J connectivity index is 2.05. The molecular formula is C16H18N4O8. The number of amides is 1. The number of hydrogen-bond donors (Lipinski definition) is 1. The van der Waals surface area contributed by atoms with Gasteiger partial charge in [0.25, 0.3) is 17.3 Å². The van der Waals surface area contributed by atoms with Gasteiger partial charge in [-0.15, -0.1) is 0 Å². The summed E-state index contributed by atoms with van der Waals surface area (Å²) in [6.07, 6.45) is 0.714. The first-order chi connectivity index (χ1) is 13.1. The molecule has 150 valence electrons. The highest BCUT2D eigenvalue weighted by atomic mass is 16.6. The van der Waals surface area contributed by atoms with E-state index in [4.69, 9.17) is 4.74 Å². The minimum absolute atomic E-state index is 0.220. The average molecular weight is 394 g/mol. The van der Waals surface area contributed by atoms with Crippen LogP contribution in [0.5, 0.6) is 0 Å². The van der Waals surface area contributed by atoms with Crippen molar-refractivity contribution in [3.8, 4) is 0 Å². The Kier molecular flexibility index (Phi) is 5.00. The second-order valence-electron chi connectivity index (χ2n) is 6.84. The summed E-state index contributed by atoms with van der Waals surface area (Å²) in [6, 6.07) is 1.29. The molecule has 0 aromatic heterocycles. The number of hydrogen-bond acceptors (Lipinski definition) is 8. The predicted octanol–water partition coefficient (Wildman–Crippen LogP) is 0.851. The molecule has 3 rings (SSSR count). The van der Waals surface area contributed by atoms with E-state index in [0.29, 0.717) is 25.9 Å². The van der Waals surface area contributed by atoms with Crippen LogP contribution in [0, 0.1) is 20.2 Å². The first kappa shape index (κ1) is 19.6. The van der Waals surface area contributed by atoms with Gasteiger partial charge < -0.3 is 14.7 Å². The summed E-state index contributed by atoms with van der Waals surface area (Å²) >= 11 is 0. The van der Waals surface area contributed by atoms with E-state index in [-0.39, 0.29) is 12.2 Å². The Morgan fingerprint density at radius 1 is 1.14 bits per heavy atom. The van der Waals surface area contributed by atoms with E-state index < -0.39 is 44.9 Å². The third kappa shape index (κ3) is 3.39. The van der Waals surface area contributed by atoms with Crippen LogP contribution in [0.3, 0.4) is 0 Å². The van der Waals surface area contributed by atoms with Crippen LogP contribution in [-0.4, -0.2) is 75.1 Å². The second kappa shape index (κ2) is 7.13. The van der Waals surface area contributed by atoms with Gasteiger partial charge in [-0.3, -0.25) is 29.9 Å². The molecule has 2 saturated heterocycles. The van der Waals surface area contributed by atoms with Gasteiger partial charge in [-0.05, 0) is 7.05 Å². The largest absolute Gasteiger partial charge is 0.480 e. The maximum Gasteiger partial charge on any atom is 0.328 e. The van der Waals surface area contributed by atoms with Crippen molar-refractivity contribution in [3.05, 3.63) is 44.0 Å². The maximum absolute atomic E-state index is 13.2. The molecule has 1 aromatic carbocycles. The van der Waals surface area contributed by atoms with Crippen LogP contribution in [0.25, 0.3) is 0 Å². The molecule has 2 aliphatic rings. The predicted molar refractivity (Wildman–Crippen MR) is 92.8 cm³/mol. The lowest BCUT2D eigenvalue weighted by molar-refractivity contribution is -0.394. The molecule has 0 bridgehead atoms. The molecule has 1 N–H and O–H groups in total. The first-order valence-corrected chi connectivity index (χ1v) is 8.47. The normalized spacial score (nSPS) is 21.6. The first-order valence-electron chi connectivity index (χ1n) is 8.47. The third-order valence-corrected chi connectivity index (χ3v) is 5.10. The molecule has 1 atom stereocenters. The number of non-ortho nitro benzene ring substituents is 2. The fourth-order valence-corrected chi connectivity index (χ4v) is 3.59. The number of carbonyl (C=O) groups excluding carboxylic acids is 1. The van der Waals surface area contributed by atoms with Gasteiger partial charge in [-0.25, -0.2) is 4.79 Å². The monoisotopic (exact) mass is 394 g/mol. The second-order valence-corrected chi connectivity index (χ2v) is 6.84. The van der Waals surface area contributed by atoms with Gasteiger partial charge in [0.1, 0.15) is 5.72 Å². The van der Waals surface area contributed by atoms with E-state index >= 15 is 0 Å². The van der Waals surface area contributed by atoms with E-state index in [0.717, 1.165) is 23.1 Å². The highest BCUT2D eigenvalue weighted by Gasteiger charge is 2.54. The number of nitro benzene ring substituents is 2. The number of aliphatic carboxylic acids is 1. The van der Waals surface area contributed by atoms with Gasteiger partial charge in [0.15, 0.2) is 6.04 Å². The van der Waals surface area contributed by atoms with Gasteiger partial charge in [-0.1, -0.05) is 0 Å². The summed E-state index contributed by atoms with van der Waals surface area (Å²) in [6.45, 7) is 0.901. The molecular weight excluding hydrogens is 376 g/mol. The minimum Gasteiger partial charge on any atom is -0.480 e. The topological polar surface area (TPSA) is 156 Å². The number of nitrogens with zero attached hydrogens (tertiary/aromatic N) is 4. The molecule has 1 unspecified atom stereocenters. The van der Waals surface area contributed by atoms with Crippen molar-refractivity contribution in [2.45, 2.75) is 24.6 Å². The quantitative estimate of drug-likeness (QED) is 0.577. The van der Waals surface area contributed by atoms with E-state index in [1.165, 1.54) is 0 Å². The van der Waals surface area contributed by atoms with Crippen LogP contribution in [0.1, 0.15) is 23.2 Å². The zero-order valence-electron chi connectivity index (χ0n) is 14.9. The van der Waals surface area contributed by atoms with Crippen molar-refractivity contribution in [2.24, 2.45) is 0 Å². The Hall–Kier alpha value is -3.12. The van der Waals surface area contributed by atoms with E-state index in [9.17, 15) is 34.9 Å². The Morgan fingerprint density at radius 2 is 1.68 bits per heavy atom. The van der Waals surface area contributed by atoms with Gasteiger partial charge in [0, 0.05) is 38.1 Å².